The molecule has 0 spiro atoms. The molecule has 0 atom stereocenters. The zero-order valence-electron chi connectivity index (χ0n) is 12.1. The molecule has 2 aromatic carbocycles. The smallest absolute Gasteiger partial charge is 0.293 e. The number of anilines is 1. The van der Waals surface area contributed by atoms with E-state index in [4.69, 9.17) is 0 Å². The van der Waals surface area contributed by atoms with Gasteiger partial charge in [-0.25, -0.2) is 0 Å². The Hall–Kier alpha value is -2.69. The van der Waals surface area contributed by atoms with Crippen molar-refractivity contribution in [3.05, 3.63) is 57.6 Å². The molecule has 2 rings (SSSR count). The minimum Gasteiger partial charge on any atom is -0.320 e. The molecule has 0 aromatic heterocycles. The monoisotopic (exact) mass is 284 g/mol. The van der Waals surface area contributed by atoms with Crippen LogP contribution in [0.2, 0.25) is 0 Å². The van der Waals surface area contributed by atoms with Crippen molar-refractivity contribution in [2.75, 3.05) is 5.32 Å². The number of aryl methyl sites for hydroxylation is 2. The molecular formula is C16H16N2O3. The van der Waals surface area contributed by atoms with Gasteiger partial charge < -0.3 is 5.32 Å². The van der Waals surface area contributed by atoms with Crippen molar-refractivity contribution in [2.24, 2.45) is 0 Å². The highest BCUT2D eigenvalue weighted by atomic mass is 16.6. The van der Waals surface area contributed by atoms with Crippen molar-refractivity contribution in [3.8, 4) is 11.1 Å². The Morgan fingerprint density at radius 3 is 2.38 bits per heavy atom. The molecule has 1 N–H and O–H groups in total. The highest BCUT2D eigenvalue weighted by molar-refractivity contribution is 5.93. The van der Waals surface area contributed by atoms with E-state index in [0.29, 0.717) is 5.56 Å². The van der Waals surface area contributed by atoms with Crippen LogP contribution in [0.3, 0.4) is 0 Å². The van der Waals surface area contributed by atoms with Gasteiger partial charge in [-0.2, -0.15) is 0 Å². The minimum absolute atomic E-state index is 0.0940. The lowest BCUT2D eigenvalue weighted by molar-refractivity contribution is -0.383. The fourth-order valence-corrected chi connectivity index (χ4v) is 2.30. The SMILES string of the molecule is CC(=O)Nc1c(C)cc(-c2ccccc2C)cc1[N+](=O)[O-]. The Labute approximate surface area is 122 Å². The molecule has 0 aliphatic rings. The Balaban J connectivity index is 2.64. The number of benzene rings is 2. The van der Waals surface area contributed by atoms with E-state index in [0.717, 1.165) is 16.7 Å². The largest absolute Gasteiger partial charge is 0.320 e. The van der Waals surface area contributed by atoms with Crippen LogP contribution in [-0.4, -0.2) is 10.8 Å². The molecule has 21 heavy (non-hydrogen) atoms. The summed E-state index contributed by atoms with van der Waals surface area (Å²) in [5.41, 5.74) is 3.58. The van der Waals surface area contributed by atoms with Gasteiger partial charge in [-0.05, 0) is 42.2 Å². The topological polar surface area (TPSA) is 72.2 Å². The second-order valence-electron chi connectivity index (χ2n) is 4.94. The van der Waals surface area contributed by atoms with Crippen LogP contribution < -0.4 is 5.32 Å². The van der Waals surface area contributed by atoms with Crippen LogP contribution in [0.4, 0.5) is 11.4 Å². The zero-order chi connectivity index (χ0) is 15.6. The second kappa shape index (κ2) is 5.75. The van der Waals surface area contributed by atoms with Crippen LogP contribution in [0.25, 0.3) is 11.1 Å². The van der Waals surface area contributed by atoms with Gasteiger partial charge in [0.2, 0.25) is 5.91 Å². The van der Waals surface area contributed by atoms with Crippen LogP contribution in [0.5, 0.6) is 0 Å². The highest BCUT2D eigenvalue weighted by Gasteiger charge is 2.19. The van der Waals surface area contributed by atoms with Gasteiger partial charge in [-0.15, -0.1) is 0 Å². The molecule has 0 saturated carbocycles. The summed E-state index contributed by atoms with van der Waals surface area (Å²) in [6, 6.07) is 11.0. The fraction of sp³-hybridized carbons (Fsp3) is 0.188. The number of carbonyl (C=O) groups excluding carboxylic acids is 1. The van der Waals surface area contributed by atoms with Crippen molar-refractivity contribution in [3.63, 3.8) is 0 Å². The number of rotatable bonds is 3. The maximum absolute atomic E-state index is 11.3. The molecule has 0 bridgehead atoms. The summed E-state index contributed by atoms with van der Waals surface area (Å²) in [7, 11) is 0. The van der Waals surface area contributed by atoms with Crippen LogP contribution in [0, 0.1) is 24.0 Å². The molecule has 108 valence electrons. The lowest BCUT2D eigenvalue weighted by Gasteiger charge is -2.11. The van der Waals surface area contributed by atoms with Gasteiger partial charge in [0.05, 0.1) is 4.92 Å². The lowest BCUT2D eigenvalue weighted by Crippen LogP contribution is -2.09. The van der Waals surface area contributed by atoms with Gasteiger partial charge in [-0.3, -0.25) is 14.9 Å². The molecule has 0 saturated heterocycles. The van der Waals surface area contributed by atoms with Gasteiger partial charge in [0.15, 0.2) is 0 Å². The van der Waals surface area contributed by atoms with E-state index in [9.17, 15) is 14.9 Å². The molecule has 5 heteroatoms. The predicted octanol–water partition coefficient (Wildman–Crippen LogP) is 3.84. The van der Waals surface area contributed by atoms with E-state index in [1.165, 1.54) is 13.0 Å². The van der Waals surface area contributed by atoms with Crippen LogP contribution >= 0.6 is 0 Å². The second-order valence-corrected chi connectivity index (χ2v) is 4.94. The summed E-state index contributed by atoms with van der Waals surface area (Å²) < 4.78 is 0. The van der Waals surface area contributed by atoms with Gasteiger partial charge in [0.1, 0.15) is 5.69 Å². The third-order valence-corrected chi connectivity index (χ3v) is 3.27. The molecule has 0 heterocycles. The Kier molecular flexibility index (Phi) is 4.03. The number of nitrogens with zero attached hydrogens (tertiary/aromatic N) is 1. The zero-order valence-corrected chi connectivity index (χ0v) is 12.1. The number of carbonyl (C=O) groups is 1. The average Bonchev–Trinajstić information content (AvgIpc) is 2.40. The Bertz CT molecular complexity index is 723. The lowest BCUT2D eigenvalue weighted by atomic mass is 9.97. The molecule has 0 aliphatic heterocycles. The Morgan fingerprint density at radius 1 is 1.14 bits per heavy atom. The molecule has 5 nitrogen and oxygen atoms in total. The van der Waals surface area contributed by atoms with E-state index >= 15 is 0 Å². The first-order valence-electron chi connectivity index (χ1n) is 6.52. The predicted molar refractivity (Wildman–Crippen MR) is 82.3 cm³/mol. The van der Waals surface area contributed by atoms with Gasteiger partial charge >= 0.3 is 0 Å². The summed E-state index contributed by atoms with van der Waals surface area (Å²) in [6.07, 6.45) is 0. The number of nitro benzene ring substituents is 1. The first-order chi connectivity index (χ1) is 9.90. The Morgan fingerprint density at radius 2 is 1.81 bits per heavy atom. The summed E-state index contributed by atoms with van der Waals surface area (Å²) in [5, 5.41) is 13.8. The molecule has 0 unspecified atom stereocenters. The molecule has 0 radical (unpaired) electrons. The summed E-state index contributed by atoms with van der Waals surface area (Å²) >= 11 is 0. The van der Waals surface area contributed by atoms with E-state index in [2.05, 4.69) is 5.32 Å². The summed E-state index contributed by atoms with van der Waals surface area (Å²) in [6.45, 7) is 5.04. The number of hydrogen-bond acceptors (Lipinski definition) is 3. The van der Waals surface area contributed by atoms with E-state index in [-0.39, 0.29) is 17.3 Å². The fourth-order valence-electron chi connectivity index (χ4n) is 2.30. The average molecular weight is 284 g/mol. The van der Waals surface area contributed by atoms with E-state index in [1.54, 1.807) is 6.92 Å². The van der Waals surface area contributed by atoms with Crippen molar-refractivity contribution in [1.29, 1.82) is 0 Å². The van der Waals surface area contributed by atoms with Crippen LogP contribution in [0.15, 0.2) is 36.4 Å². The third kappa shape index (κ3) is 3.08. The molecular weight excluding hydrogens is 268 g/mol. The number of amides is 1. The van der Waals surface area contributed by atoms with Gasteiger partial charge in [-0.1, -0.05) is 24.3 Å². The van der Waals surface area contributed by atoms with Gasteiger partial charge in [0, 0.05) is 13.0 Å². The number of nitro groups is 1. The molecule has 2 aromatic rings. The van der Waals surface area contributed by atoms with E-state index in [1.807, 2.05) is 37.3 Å². The molecule has 1 amide bonds. The first kappa shape index (κ1) is 14.7. The summed E-state index contributed by atoms with van der Waals surface area (Å²) in [5.74, 6) is -0.329. The number of hydrogen-bond donors (Lipinski definition) is 1. The van der Waals surface area contributed by atoms with Crippen molar-refractivity contribution < 1.29 is 9.72 Å². The molecule has 0 fully saturated rings. The minimum atomic E-state index is -0.472. The standard InChI is InChI=1S/C16H16N2O3/c1-10-6-4-5-7-14(10)13-8-11(2)16(17-12(3)19)15(9-13)18(20)21/h4-9H,1-3H3,(H,17,19). The van der Waals surface area contributed by atoms with Crippen molar-refractivity contribution in [1.82, 2.24) is 0 Å². The van der Waals surface area contributed by atoms with Crippen molar-refractivity contribution in [2.45, 2.75) is 20.8 Å². The van der Waals surface area contributed by atoms with E-state index < -0.39 is 4.92 Å². The maximum atomic E-state index is 11.3. The first-order valence-corrected chi connectivity index (χ1v) is 6.52. The van der Waals surface area contributed by atoms with Crippen LogP contribution in [0.1, 0.15) is 18.1 Å². The maximum Gasteiger partial charge on any atom is 0.293 e. The van der Waals surface area contributed by atoms with Crippen molar-refractivity contribution >= 4 is 17.3 Å². The van der Waals surface area contributed by atoms with Gasteiger partial charge in [0.25, 0.3) is 5.69 Å². The quantitative estimate of drug-likeness (QED) is 0.687. The third-order valence-electron chi connectivity index (χ3n) is 3.27. The summed E-state index contributed by atoms with van der Waals surface area (Å²) in [4.78, 5) is 22.0. The van der Waals surface area contributed by atoms with Crippen LogP contribution in [-0.2, 0) is 4.79 Å². The number of nitrogens with one attached hydrogen (secondary N) is 1. The highest BCUT2D eigenvalue weighted by Crippen LogP contribution is 2.35. The normalized spacial score (nSPS) is 10.2. The molecule has 0 aliphatic carbocycles.